The van der Waals surface area contributed by atoms with Gasteiger partial charge in [0, 0.05) is 6.54 Å². The van der Waals surface area contributed by atoms with Gasteiger partial charge >= 0.3 is 0 Å². The second-order valence-corrected chi connectivity index (χ2v) is 4.05. The molecule has 0 heterocycles. The summed E-state index contributed by atoms with van der Waals surface area (Å²) in [4.78, 5) is 11.4. The first kappa shape index (κ1) is 12.4. The molecule has 0 aromatic carbocycles. The Labute approximate surface area is 81.1 Å². The molecule has 0 aliphatic carbocycles. The molecule has 0 fully saturated rings. The molecule has 0 rings (SSSR count). The lowest BCUT2D eigenvalue weighted by molar-refractivity contribution is -0.123. The minimum atomic E-state index is -0.358. The zero-order chi connectivity index (χ0) is 10.4. The predicted molar refractivity (Wildman–Crippen MR) is 55.3 cm³/mol. The summed E-state index contributed by atoms with van der Waals surface area (Å²) in [7, 11) is 0. The van der Waals surface area contributed by atoms with Crippen LogP contribution in [0.3, 0.4) is 0 Å². The van der Waals surface area contributed by atoms with Gasteiger partial charge in [0.2, 0.25) is 5.91 Å². The van der Waals surface area contributed by atoms with Gasteiger partial charge in [-0.3, -0.25) is 4.79 Å². The van der Waals surface area contributed by atoms with Crippen LogP contribution in [-0.2, 0) is 4.79 Å². The third-order valence-electron chi connectivity index (χ3n) is 2.24. The van der Waals surface area contributed by atoms with Gasteiger partial charge in [-0.1, -0.05) is 34.1 Å². The van der Waals surface area contributed by atoms with Crippen LogP contribution in [0.1, 0.15) is 34.1 Å². The highest BCUT2D eigenvalue weighted by Crippen LogP contribution is 2.05. The maximum atomic E-state index is 11.4. The smallest absolute Gasteiger partial charge is 0.237 e. The quantitative estimate of drug-likeness (QED) is 0.676. The molecule has 0 aliphatic heterocycles. The lowest BCUT2D eigenvalue weighted by Gasteiger charge is -2.18. The normalized spacial score (nSPS) is 15.5. The van der Waals surface area contributed by atoms with Crippen LogP contribution in [0.25, 0.3) is 0 Å². The average molecular weight is 186 g/mol. The molecule has 0 radical (unpaired) electrons. The lowest BCUT2D eigenvalue weighted by Crippen LogP contribution is -2.45. The fourth-order valence-electron chi connectivity index (χ4n) is 0.935. The van der Waals surface area contributed by atoms with Gasteiger partial charge in [0.1, 0.15) is 0 Å². The van der Waals surface area contributed by atoms with Gasteiger partial charge in [-0.15, -0.1) is 0 Å². The van der Waals surface area contributed by atoms with E-state index in [-0.39, 0.29) is 17.9 Å². The van der Waals surface area contributed by atoms with E-state index in [1.165, 1.54) is 0 Å². The average Bonchev–Trinajstić information content (AvgIpc) is 2.11. The first-order valence-electron chi connectivity index (χ1n) is 5.02. The van der Waals surface area contributed by atoms with E-state index in [4.69, 9.17) is 5.73 Å². The molecule has 0 aromatic heterocycles. The highest BCUT2D eigenvalue weighted by Gasteiger charge is 2.18. The number of hydrogen-bond acceptors (Lipinski definition) is 2. The zero-order valence-corrected chi connectivity index (χ0v) is 9.13. The maximum Gasteiger partial charge on any atom is 0.237 e. The van der Waals surface area contributed by atoms with E-state index in [0.29, 0.717) is 12.5 Å². The minimum absolute atomic E-state index is 0.0250. The first-order valence-corrected chi connectivity index (χ1v) is 5.02. The molecule has 2 atom stereocenters. The lowest BCUT2D eigenvalue weighted by atomic mass is 9.99. The summed E-state index contributed by atoms with van der Waals surface area (Å²) in [6, 6.07) is -0.358. The van der Waals surface area contributed by atoms with Crippen molar-refractivity contribution in [2.75, 3.05) is 6.54 Å². The number of carbonyl (C=O) groups is 1. The van der Waals surface area contributed by atoms with Crippen molar-refractivity contribution in [2.24, 2.45) is 17.6 Å². The summed E-state index contributed by atoms with van der Waals surface area (Å²) in [5.74, 6) is 0.711. The molecular weight excluding hydrogens is 164 g/mol. The van der Waals surface area contributed by atoms with Gasteiger partial charge in [0.15, 0.2) is 0 Å². The maximum absolute atomic E-state index is 11.4. The molecule has 0 saturated carbocycles. The van der Waals surface area contributed by atoms with E-state index in [1.807, 2.05) is 13.8 Å². The molecule has 3 N–H and O–H groups in total. The van der Waals surface area contributed by atoms with E-state index >= 15 is 0 Å². The fourth-order valence-corrected chi connectivity index (χ4v) is 0.935. The van der Waals surface area contributed by atoms with E-state index in [9.17, 15) is 4.79 Å². The zero-order valence-electron chi connectivity index (χ0n) is 9.13. The van der Waals surface area contributed by atoms with Crippen LogP contribution in [0.15, 0.2) is 0 Å². The Kier molecular flexibility index (Phi) is 5.71. The van der Waals surface area contributed by atoms with Crippen molar-refractivity contribution >= 4 is 5.91 Å². The van der Waals surface area contributed by atoms with Crippen molar-refractivity contribution in [3.63, 3.8) is 0 Å². The molecule has 3 heteroatoms. The Hall–Kier alpha value is -0.570. The van der Waals surface area contributed by atoms with Gasteiger partial charge in [0.05, 0.1) is 6.04 Å². The van der Waals surface area contributed by atoms with Crippen LogP contribution < -0.4 is 11.1 Å². The summed E-state index contributed by atoms with van der Waals surface area (Å²) in [6.07, 6.45) is 0.941. The largest absolute Gasteiger partial charge is 0.354 e. The molecule has 13 heavy (non-hydrogen) atoms. The van der Waals surface area contributed by atoms with Crippen molar-refractivity contribution in [3.05, 3.63) is 0 Å². The minimum Gasteiger partial charge on any atom is -0.354 e. The van der Waals surface area contributed by atoms with Gasteiger partial charge in [-0.25, -0.2) is 0 Å². The Bertz CT molecular complexity index is 157. The Morgan fingerprint density at radius 2 is 1.92 bits per heavy atom. The van der Waals surface area contributed by atoms with Crippen LogP contribution in [0, 0.1) is 11.8 Å². The number of amides is 1. The van der Waals surface area contributed by atoms with Crippen LogP contribution in [-0.4, -0.2) is 18.5 Å². The molecule has 0 aromatic rings. The van der Waals surface area contributed by atoms with Gasteiger partial charge in [-0.05, 0) is 11.8 Å². The number of nitrogens with one attached hydrogen (secondary N) is 1. The van der Waals surface area contributed by atoms with Crippen LogP contribution in [0.5, 0.6) is 0 Å². The van der Waals surface area contributed by atoms with E-state index < -0.39 is 0 Å². The molecule has 0 saturated heterocycles. The predicted octanol–water partition coefficient (Wildman–Crippen LogP) is 1.13. The second kappa shape index (κ2) is 5.97. The standard InChI is InChI=1S/C10H22N2O/c1-5-8(4)9(11)10(13)12-6-7(2)3/h7-9H,5-6,11H2,1-4H3,(H,12,13)/t8-,9-/m1/s1. The molecule has 0 aliphatic rings. The molecular formula is C10H22N2O. The van der Waals surface area contributed by atoms with Gasteiger partial charge in [-0.2, -0.15) is 0 Å². The summed E-state index contributed by atoms with van der Waals surface area (Å²) in [5.41, 5.74) is 5.75. The third kappa shape index (κ3) is 4.88. The molecule has 0 spiro atoms. The third-order valence-corrected chi connectivity index (χ3v) is 2.24. The van der Waals surface area contributed by atoms with E-state index in [2.05, 4.69) is 19.2 Å². The van der Waals surface area contributed by atoms with Crippen molar-refractivity contribution in [2.45, 2.75) is 40.2 Å². The van der Waals surface area contributed by atoms with Crippen molar-refractivity contribution in [3.8, 4) is 0 Å². The SMILES string of the molecule is CC[C@@H](C)[C@@H](N)C(=O)NCC(C)C. The summed E-state index contributed by atoms with van der Waals surface area (Å²) >= 11 is 0. The number of nitrogens with two attached hydrogens (primary N) is 1. The molecule has 3 nitrogen and oxygen atoms in total. The van der Waals surface area contributed by atoms with Crippen molar-refractivity contribution in [1.29, 1.82) is 0 Å². The number of hydrogen-bond donors (Lipinski definition) is 2. The van der Waals surface area contributed by atoms with E-state index in [1.54, 1.807) is 0 Å². The van der Waals surface area contributed by atoms with Gasteiger partial charge < -0.3 is 11.1 Å². The summed E-state index contributed by atoms with van der Waals surface area (Å²) in [6.45, 7) is 8.88. The highest BCUT2D eigenvalue weighted by molar-refractivity contribution is 5.81. The topological polar surface area (TPSA) is 55.1 Å². The summed E-state index contributed by atoms with van der Waals surface area (Å²) in [5, 5.41) is 2.83. The highest BCUT2D eigenvalue weighted by atomic mass is 16.2. The Balaban J connectivity index is 3.82. The Morgan fingerprint density at radius 3 is 2.31 bits per heavy atom. The molecule has 0 bridgehead atoms. The van der Waals surface area contributed by atoms with Crippen LogP contribution in [0.4, 0.5) is 0 Å². The number of carbonyl (C=O) groups excluding carboxylic acids is 1. The van der Waals surface area contributed by atoms with Crippen molar-refractivity contribution < 1.29 is 4.79 Å². The molecule has 0 unspecified atom stereocenters. The Morgan fingerprint density at radius 1 is 1.38 bits per heavy atom. The number of rotatable bonds is 5. The second-order valence-electron chi connectivity index (χ2n) is 4.05. The molecule has 1 amide bonds. The fraction of sp³-hybridized carbons (Fsp3) is 0.900. The summed E-state index contributed by atoms with van der Waals surface area (Å²) < 4.78 is 0. The first-order chi connectivity index (χ1) is 5.99. The van der Waals surface area contributed by atoms with Crippen LogP contribution >= 0.6 is 0 Å². The monoisotopic (exact) mass is 186 g/mol. The van der Waals surface area contributed by atoms with Crippen molar-refractivity contribution in [1.82, 2.24) is 5.32 Å². The van der Waals surface area contributed by atoms with Gasteiger partial charge in [0.25, 0.3) is 0 Å². The van der Waals surface area contributed by atoms with Crippen LogP contribution in [0.2, 0.25) is 0 Å². The van der Waals surface area contributed by atoms with E-state index in [0.717, 1.165) is 6.42 Å². The molecule has 78 valence electrons.